The average Bonchev–Trinajstić information content (AvgIpc) is 2.51. The van der Waals surface area contributed by atoms with Gasteiger partial charge < -0.3 is 10.5 Å². The van der Waals surface area contributed by atoms with Crippen molar-refractivity contribution in [2.75, 3.05) is 12.3 Å². The minimum Gasteiger partial charge on any atom is -0.483 e. The Bertz CT molecular complexity index is 744. The molecule has 2 aromatic carbocycles. The second-order valence-corrected chi connectivity index (χ2v) is 5.49. The van der Waals surface area contributed by atoms with Gasteiger partial charge in [-0.3, -0.25) is 4.79 Å². The molecule has 0 atom stereocenters. The summed E-state index contributed by atoms with van der Waals surface area (Å²) in [4.78, 5) is 11.8. The van der Waals surface area contributed by atoms with E-state index in [2.05, 4.69) is 10.5 Å². The van der Waals surface area contributed by atoms with Gasteiger partial charge in [-0.1, -0.05) is 23.7 Å². The van der Waals surface area contributed by atoms with Crippen LogP contribution in [0.5, 0.6) is 5.75 Å². The monoisotopic (exact) mass is 331 g/mol. The molecule has 3 N–H and O–H groups in total. The van der Waals surface area contributed by atoms with E-state index in [0.29, 0.717) is 22.2 Å². The number of nitrogens with zero attached hydrogens (tertiary/aromatic N) is 1. The van der Waals surface area contributed by atoms with Crippen molar-refractivity contribution in [1.29, 1.82) is 0 Å². The third kappa shape index (κ3) is 5.00. The number of anilines is 1. The van der Waals surface area contributed by atoms with Crippen LogP contribution in [0.3, 0.4) is 0 Å². The number of rotatable bonds is 5. The van der Waals surface area contributed by atoms with Crippen LogP contribution in [0.4, 0.5) is 5.69 Å². The Morgan fingerprint density at radius 3 is 2.78 bits per heavy atom. The quantitative estimate of drug-likeness (QED) is 0.502. The first-order valence-corrected chi connectivity index (χ1v) is 7.41. The largest absolute Gasteiger partial charge is 0.483 e. The van der Waals surface area contributed by atoms with Crippen LogP contribution in [0.15, 0.2) is 47.6 Å². The van der Waals surface area contributed by atoms with E-state index < -0.39 is 0 Å². The van der Waals surface area contributed by atoms with Crippen LogP contribution in [0.1, 0.15) is 18.1 Å². The molecule has 120 valence electrons. The molecule has 1 amide bonds. The summed E-state index contributed by atoms with van der Waals surface area (Å²) in [5.41, 5.74) is 11.2. The standard InChI is InChI=1S/C17H18ClN3O2/c1-11-8-14(18)6-7-16(11)23-10-17(22)21-20-12(2)13-4-3-5-15(19)9-13/h3-9H,10,19H2,1-2H3,(H,21,22). The number of ether oxygens (including phenoxy) is 1. The summed E-state index contributed by atoms with van der Waals surface area (Å²) >= 11 is 5.87. The van der Waals surface area contributed by atoms with Crippen LogP contribution in [0.25, 0.3) is 0 Å². The minimum absolute atomic E-state index is 0.129. The molecule has 0 spiro atoms. The number of halogens is 1. The zero-order valence-corrected chi connectivity index (χ0v) is 13.7. The summed E-state index contributed by atoms with van der Waals surface area (Å²) in [7, 11) is 0. The average molecular weight is 332 g/mol. The van der Waals surface area contributed by atoms with Gasteiger partial charge in [0.15, 0.2) is 6.61 Å². The summed E-state index contributed by atoms with van der Waals surface area (Å²) < 4.78 is 5.45. The van der Waals surface area contributed by atoms with Gasteiger partial charge in [-0.15, -0.1) is 0 Å². The highest BCUT2D eigenvalue weighted by Crippen LogP contribution is 2.21. The van der Waals surface area contributed by atoms with Gasteiger partial charge in [0, 0.05) is 10.7 Å². The Morgan fingerprint density at radius 1 is 1.30 bits per heavy atom. The molecule has 0 bridgehead atoms. The normalized spacial score (nSPS) is 11.2. The number of amides is 1. The summed E-state index contributed by atoms with van der Waals surface area (Å²) in [6.45, 7) is 3.52. The van der Waals surface area contributed by atoms with Gasteiger partial charge in [0.1, 0.15) is 5.75 Å². The predicted molar refractivity (Wildman–Crippen MR) is 92.9 cm³/mol. The lowest BCUT2D eigenvalue weighted by atomic mass is 10.1. The van der Waals surface area contributed by atoms with E-state index in [1.807, 2.05) is 19.1 Å². The highest BCUT2D eigenvalue weighted by molar-refractivity contribution is 6.30. The van der Waals surface area contributed by atoms with E-state index in [-0.39, 0.29) is 12.5 Å². The molecule has 0 fully saturated rings. The maximum Gasteiger partial charge on any atom is 0.277 e. The van der Waals surface area contributed by atoms with E-state index in [1.165, 1.54) is 0 Å². The van der Waals surface area contributed by atoms with Crippen LogP contribution in [-0.4, -0.2) is 18.2 Å². The molecule has 0 aliphatic heterocycles. The number of carbonyl (C=O) groups is 1. The smallest absolute Gasteiger partial charge is 0.277 e. The number of nitrogens with one attached hydrogen (secondary N) is 1. The summed E-state index contributed by atoms with van der Waals surface area (Å²) in [5, 5.41) is 4.67. The first kappa shape index (κ1) is 16.8. The summed E-state index contributed by atoms with van der Waals surface area (Å²) in [6.07, 6.45) is 0. The molecule has 0 aliphatic rings. The van der Waals surface area contributed by atoms with E-state index >= 15 is 0 Å². The van der Waals surface area contributed by atoms with Crippen molar-refractivity contribution >= 4 is 28.9 Å². The van der Waals surface area contributed by atoms with E-state index in [1.54, 1.807) is 37.3 Å². The molecule has 0 saturated heterocycles. The maximum atomic E-state index is 11.8. The number of benzene rings is 2. The van der Waals surface area contributed by atoms with Gasteiger partial charge in [-0.05, 0) is 55.3 Å². The van der Waals surface area contributed by atoms with Crippen molar-refractivity contribution < 1.29 is 9.53 Å². The molecular weight excluding hydrogens is 314 g/mol. The lowest BCUT2D eigenvalue weighted by Gasteiger charge is -2.08. The van der Waals surface area contributed by atoms with E-state index in [0.717, 1.165) is 11.1 Å². The molecule has 2 aromatic rings. The lowest BCUT2D eigenvalue weighted by Crippen LogP contribution is -2.25. The molecule has 5 nitrogen and oxygen atoms in total. The minimum atomic E-state index is -0.345. The third-order valence-electron chi connectivity index (χ3n) is 3.15. The van der Waals surface area contributed by atoms with Crippen LogP contribution < -0.4 is 15.9 Å². The zero-order chi connectivity index (χ0) is 16.8. The Kier molecular flexibility index (Phi) is 5.60. The second-order valence-electron chi connectivity index (χ2n) is 5.06. The van der Waals surface area contributed by atoms with Crippen molar-refractivity contribution in [3.05, 3.63) is 58.6 Å². The zero-order valence-electron chi connectivity index (χ0n) is 13.0. The van der Waals surface area contributed by atoms with E-state index in [9.17, 15) is 4.79 Å². The van der Waals surface area contributed by atoms with Crippen LogP contribution in [0, 0.1) is 6.92 Å². The van der Waals surface area contributed by atoms with Gasteiger partial charge >= 0.3 is 0 Å². The molecule has 6 heteroatoms. The number of hydrazone groups is 1. The second kappa shape index (κ2) is 7.65. The molecule has 0 aromatic heterocycles. The molecule has 0 radical (unpaired) electrons. The Balaban J connectivity index is 1.90. The van der Waals surface area contributed by atoms with Crippen LogP contribution in [-0.2, 0) is 4.79 Å². The van der Waals surface area contributed by atoms with Crippen molar-refractivity contribution in [1.82, 2.24) is 5.43 Å². The number of aryl methyl sites for hydroxylation is 1. The SMILES string of the molecule is CC(=NNC(=O)COc1ccc(Cl)cc1C)c1cccc(N)c1. The number of hydrogen-bond donors (Lipinski definition) is 2. The number of nitrogens with two attached hydrogens (primary N) is 1. The highest BCUT2D eigenvalue weighted by atomic mass is 35.5. The molecule has 0 heterocycles. The van der Waals surface area contributed by atoms with Crippen LogP contribution in [0.2, 0.25) is 5.02 Å². The Hall–Kier alpha value is -2.53. The van der Waals surface area contributed by atoms with Gasteiger partial charge in [0.25, 0.3) is 5.91 Å². The fraction of sp³-hybridized carbons (Fsp3) is 0.176. The number of hydrogen-bond acceptors (Lipinski definition) is 4. The first-order valence-electron chi connectivity index (χ1n) is 7.03. The van der Waals surface area contributed by atoms with Gasteiger partial charge in [0.2, 0.25) is 0 Å². The first-order chi connectivity index (χ1) is 11.0. The van der Waals surface area contributed by atoms with Gasteiger partial charge in [-0.25, -0.2) is 5.43 Å². The Morgan fingerprint density at radius 2 is 2.09 bits per heavy atom. The molecule has 2 rings (SSSR count). The van der Waals surface area contributed by atoms with Crippen LogP contribution >= 0.6 is 11.6 Å². The fourth-order valence-electron chi connectivity index (χ4n) is 1.92. The molecular formula is C17H18ClN3O2. The summed E-state index contributed by atoms with van der Waals surface area (Å²) in [6, 6.07) is 12.5. The summed E-state index contributed by atoms with van der Waals surface area (Å²) in [5.74, 6) is 0.267. The molecule has 0 aliphatic carbocycles. The highest BCUT2D eigenvalue weighted by Gasteiger charge is 2.05. The molecule has 23 heavy (non-hydrogen) atoms. The number of carbonyl (C=O) groups excluding carboxylic acids is 1. The van der Waals surface area contributed by atoms with E-state index in [4.69, 9.17) is 22.1 Å². The van der Waals surface area contributed by atoms with Gasteiger partial charge in [-0.2, -0.15) is 5.10 Å². The van der Waals surface area contributed by atoms with Gasteiger partial charge in [0.05, 0.1) is 5.71 Å². The molecule has 0 unspecified atom stereocenters. The predicted octanol–water partition coefficient (Wildman–Crippen LogP) is 3.15. The van der Waals surface area contributed by atoms with Crippen molar-refractivity contribution in [3.8, 4) is 5.75 Å². The third-order valence-corrected chi connectivity index (χ3v) is 3.38. The van der Waals surface area contributed by atoms with Crippen molar-refractivity contribution in [3.63, 3.8) is 0 Å². The Labute approximate surface area is 140 Å². The van der Waals surface area contributed by atoms with Crippen molar-refractivity contribution in [2.45, 2.75) is 13.8 Å². The number of nitrogen functional groups attached to an aromatic ring is 1. The molecule has 0 saturated carbocycles. The maximum absolute atomic E-state index is 11.8. The fourth-order valence-corrected chi connectivity index (χ4v) is 2.15. The lowest BCUT2D eigenvalue weighted by molar-refractivity contribution is -0.123. The topological polar surface area (TPSA) is 76.7 Å². The van der Waals surface area contributed by atoms with Crippen molar-refractivity contribution in [2.24, 2.45) is 5.10 Å².